The van der Waals surface area contributed by atoms with E-state index in [0.717, 1.165) is 91.1 Å². The van der Waals surface area contributed by atoms with Crippen LogP contribution in [0.25, 0.3) is 10.8 Å². The van der Waals surface area contributed by atoms with Gasteiger partial charge in [-0.2, -0.15) is 0 Å². The van der Waals surface area contributed by atoms with Gasteiger partial charge in [0.25, 0.3) is 23.6 Å². The number of carbonyl (C=O) groups excluding carboxylic acids is 4. The van der Waals surface area contributed by atoms with Crippen molar-refractivity contribution in [3.63, 3.8) is 0 Å². The van der Waals surface area contributed by atoms with Crippen LogP contribution in [-0.4, -0.2) is 184 Å². The summed E-state index contributed by atoms with van der Waals surface area (Å²) >= 11 is 0. The summed E-state index contributed by atoms with van der Waals surface area (Å²) in [7, 11) is 4.25. The predicted octanol–water partition coefficient (Wildman–Crippen LogP) is 2.49. The van der Waals surface area contributed by atoms with Crippen LogP contribution in [-0.2, 0) is 9.47 Å². The zero-order valence-electron chi connectivity index (χ0n) is 32.0. The standard InChI is InChI=1S/C40H56N8O6/c1-43-13-17-45(18-14-43)9-5-11-47-37(49)29-23-32(42-26-28-8-4-22-54-28)36-34-30(24-31(35(33(29)34)39(47)51)41-25-27-7-3-21-53-27)38(50)48(40(36)52)12-6-10-46-19-15-44(2)16-20-46/h23-24,27-28,41-42H,3-22,25-26H2,1-2H3/t27-,28+. The molecular weight excluding hydrogens is 688 g/mol. The van der Waals surface area contributed by atoms with Crippen LogP contribution >= 0.6 is 0 Å². The smallest absolute Gasteiger partial charge is 0.263 e. The van der Waals surface area contributed by atoms with Gasteiger partial charge in [0, 0.05) is 114 Å². The molecule has 2 N–H and O–H groups in total. The fourth-order valence-corrected chi connectivity index (χ4v) is 8.95. The van der Waals surface area contributed by atoms with Crippen molar-refractivity contribution in [2.45, 2.75) is 50.7 Å². The Morgan fingerprint density at radius 2 is 0.981 bits per heavy atom. The number of rotatable bonds is 14. The lowest BCUT2D eigenvalue weighted by Gasteiger charge is -2.36. The first kappa shape index (κ1) is 37.3. The first-order chi connectivity index (χ1) is 26.3. The lowest BCUT2D eigenvalue weighted by Crippen LogP contribution is -2.47. The summed E-state index contributed by atoms with van der Waals surface area (Å²) in [5.74, 6) is -1.58. The maximum Gasteiger partial charge on any atom is 0.263 e. The molecule has 8 rings (SSSR count). The molecule has 2 aromatic carbocycles. The van der Waals surface area contributed by atoms with Crippen molar-refractivity contribution >= 4 is 45.8 Å². The first-order valence-electron chi connectivity index (χ1n) is 20.2. The zero-order chi connectivity index (χ0) is 37.3. The number of amides is 4. The second-order valence-electron chi connectivity index (χ2n) is 16.0. The summed E-state index contributed by atoms with van der Waals surface area (Å²) in [5.41, 5.74) is 2.37. The van der Waals surface area contributed by atoms with Gasteiger partial charge in [-0.25, -0.2) is 0 Å². The minimum absolute atomic E-state index is 0.0213. The molecule has 6 aliphatic rings. The Hall–Kier alpha value is -3.66. The van der Waals surface area contributed by atoms with Gasteiger partial charge >= 0.3 is 0 Å². The van der Waals surface area contributed by atoms with Crippen LogP contribution in [0.4, 0.5) is 11.4 Å². The Bertz CT molecular complexity index is 1630. The molecule has 0 unspecified atom stereocenters. The normalized spacial score (nSPS) is 24.4. The molecule has 6 heterocycles. The number of ether oxygens (including phenoxy) is 2. The van der Waals surface area contributed by atoms with E-state index in [9.17, 15) is 19.2 Å². The minimum Gasteiger partial charge on any atom is -0.382 e. The Labute approximate surface area is 318 Å². The number of carbonyl (C=O) groups is 4. The summed E-state index contributed by atoms with van der Waals surface area (Å²) < 4.78 is 11.8. The average molecular weight is 745 g/mol. The molecule has 4 fully saturated rings. The number of nitrogens with zero attached hydrogens (tertiary/aromatic N) is 6. The molecular formula is C40H56N8O6. The van der Waals surface area contributed by atoms with E-state index in [1.54, 1.807) is 12.1 Å². The molecule has 6 aliphatic heterocycles. The molecule has 0 aliphatic carbocycles. The van der Waals surface area contributed by atoms with Gasteiger partial charge in [-0.3, -0.25) is 29.0 Å². The molecule has 4 saturated heterocycles. The Balaban J connectivity index is 1.15. The van der Waals surface area contributed by atoms with Crippen molar-refractivity contribution in [3.05, 3.63) is 34.4 Å². The molecule has 14 nitrogen and oxygen atoms in total. The van der Waals surface area contributed by atoms with Crippen molar-refractivity contribution in [1.29, 1.82) is 0 Å². The highest BCUT2D eigenvalue weighted by Crippen LogP contribution is 2.44. The van der Waals surface area contributed by atoms with Crippen molar-refractivity contribution in [2.75, 3.05) is 130 Å². The molecule has 0 radical (unpaired) electrons. The molecule has 0 aromatic heterocycles. The van der Waals surface area contributed by atoms with E-state index in [0.29, 0.717) is 83.5 Å². The van der Waals surface area contributed by atoms with Gasteiger partial charge in [-0.05, 0) is 77.8 Å². The van der Waals surface area contributed by atoms with Crippen LogP contribution < -0.4 is 10.6 Å². The van der Waals surface area contributed by atoms with E-state index in [2.05, 4.69) is 44.3 Å². The van der Waals surface area contributed by atoms with Gasteiger partial charge in [-0.1, -0.05) is 0 Å². The maximum atomic E-state index is 14.6. The predicted molar refractivity (Wildman–Crippen MR) is 207 cm³/mol. The van der Waals surface area contributed by atoms with Crippen LogP contribution in [0.2, 0.25) is 0 Å². The lowest BCUT2D eigenvalue weighted by atomic mass is 9.83. The minimum atomic E-state index is -0.396. The molecule has 14 heteroatoms. The maximum absolute atomic E-state index is 14.6. The summed E-state index contributed by atoms with van der Waals surface area (Å²) in [4.78, 5) is 70.3. The molecule has 292 valence electrons. The highest BCUT2D eigenvalue weighted by molar-refractivity contribution is 6.36. The van der Waals surface area contributed by atoms with Gasteiger partial charge in [-0.15, -0.1) is 0 Å². The summed E-state index contributed by atoms with van der Waals surface area (Å²) in [6.07, 6.45) is 5.00. The first-order valence-corrected chi connectivity index (χ1v) is 20.2. The molecule has 54 heavy (non-hydrogen) atoms. The Morgan fingerprint density at radius 3 is 1.35 bits per heavy atom. The summed E-state index contributed by atoms with van der Waals surface area (Å²) in [6, 6.07) is 3.50. The topological polar surface area (TPSA) is 130 Å². The number of nitrogens with one attached hydrogen (secondary N) is 2. The highest BCUT2D eigenvalue weighted by atomic mass is 16.5. The van der Waals surface area contributed by atoms with E-state index in [4.69, 9.17) is 9.47 Å². The Morgan fingerprint density at radius 1 is 0.574 bits per heavy atom. The largest absolute Gasteiger partial charge is 0.382 e. The number of hydrogen-bond donors (Lipinski definition) is 2. The molecule has 0 bridgehead atoms. The van der Waals surface area contributed by atoms with E-state index >= 15 is 0 Å². The Kier molecular flexibility index (Phi) is 11.2. The third kappa shape index (κ3) is 7.48. The van der Waals surface area contributed by atoms with Gasteiger partial charge < -0.3 is 39.7 Å². The lowest BCUT2D eigenvalue weighted by molar-refractivity contribution is 0.0578. The van der Waals surface area contributed by atoms with Crippen molar-refractivity contribution in [3.8, 4) is 0 Å². The van der Waals surface area contributed by atoms with Gasteiger partial charge in [0.05, 0.1) is 34.5 Å². The number of piperazine rings is 2. The SMILES string of the molecule is CN1CCN(CCCN2C(=O)c3cc(NC[C@@H]4CCCO4)c4c5c(cc(NC[C@H]6CCCO6)c(c35)C2=O)C(=O)N(CCCN2CCN(C)CC2)C4=O)CC1. The quantitative estimate of drug-likeness (QED) is 0.276. The molecule has 0 saturated carbocycles. The van der Waals surface area contributed by atoms with Crippen LogP contribution in [0.1, 0.15) is 80.0 Å². The average Bonchev–Trinajstić information content (AvgIpc) is 3.91. The third-order valence-corrected chi connectivity index (χ3v) is 12.3. The summed E-state index contributed by atoms with van der Waals surface area (Å²) in [6.45, 7) is 12.2. The van der Waals surface area contributed by atoms with Gasteiger partial charge in [0.2, 0.25) is 0 Å². The van der Waals surface area contributed by atoms with Crippen LogP contribution in [0, 0.1) is 0 Å². The van der Waals surface area contributed by atoms with Gasteiger partial charge in [0.1, 0.15) is 0 Å². The number of likely N-dealkylation sites (N-methyl/N-ethyl adjacent to an activating group) is 2. The van der Waals surface area contributed by atoms with Crippen LogP contribution in [0.3, 0.4) is 0 Å². The van der Waals surface area contributed by atoms with E-state index in [1.165, 1.54) is 9.80 Å². The highest BCUT2D eigenvalue weighted by Gasteiger charge is 2.43. The zero-order valence-corrected chi connectivity index (χ0v) is 32.0. The van der Waals surface area contributed by atoms with E-state index in [1.807, 2.05) is 0 Å². The van der Waals surface area contributed by atoms with Crippen LogP contribution in [0.5, 0.6) is 0 Å². The van der Waals surface area contributed by atoms with E-state index in [-0.39, 0.29) is 25.3 Å². The number of hydrogen-bond acceptors (Lipinski definition) is 12. The molecule has 2 aromatic rings. The monoisotopic (exact) mass is 744 g/mol. The number of anilines is 2. The van der Waals surface area contributed by atoms with E-state index < -0.39 is 23.6 Å². The van der Waals surface area contributed by atoms with Crippen LogP contribution in [0.15, 0.2) is 12.1 Å². The molecule has 0 spiro atoms. The number of imide groups is 2. The molecule has 4 amide bonds. The number of benzene rings is 2. The second kappa shape index (κ2) is 16.2. The fourth-order valence-electron chi connectivity index (χ4n) is 8.95. The fraction of sp³-hybridized carbons (Fsp3) is 0.650. The summed E-state index contributed by atoms with van der Waals surface area (Å²) in [5, 5.41) is 7.73. The van der Waals surface area contributed by atoms with Crippen molar-refractivity contribution in [2.24, 2.45) is 0 Å². The van der Waals surface area contributed by atoms with Gasteiger partial charge in [0.15, 0.2) is 0 Å². The van der Waals surface area contributed by atoms with Crippen molar-refractivity contribution < 1.29 is 28.7 Å². The second-order valence-corrected chi connectivity index (χ2v) is 16.0. The third-order valence-electron chi connectivity index (χ3n) is 12.3. The molecule has 2 atom stereocenters. The van der Waals surface area contributed by atoms with Crippen molar-refractivity contribution in [1.82, 2.24) is 29.4 Å².